The van der Waals surface area contributed by atoms with Crippen molar-refractivity contribution >= 4 is 34.0 Å². The van der Waals surface area contributed by atoms with E-state index in [1.807, 2.05) is 0 Å². The Labute approximate surface area is 124 Å². The molecule has 0 saturated carbocycles. The van der Waals surface area contributed by atoms with E-state index in [4.69, 9.17) is 22.1 Å². The van der Waals surface area contributed by atoms with Crippen molar-refractivity contribution in [3.8, 4) is 5.75 Å². The third-order valence-corrected chi connectivity index (χ3v) is 4.31. The van der Waals surface area contributed by atoms with Crippen molar-refractivity contribution < 1.29 is 13.2 Å². The molecule has 0 aliphatic rings. The fraction of sp³-hybridized carbons (Fsp3) is 0.455. The SMILES string of the molecule is COc1cc(C)c(S(=O)(=O)NCCCN)cc1Cl.Cl. The molecule has 0 fully saturated rings. The third-order valence-electron chi connectivity index (χ3n) is 2.41. The smallest absolute Gasteiger partial charge is 0.240 e. The molecule has 3 N–H and O–H groups in total. The number of nitrogens with two attached hydrogens (primary N) is 1. The minimum Gasteiger partial charge on any atom is -0.495 e. The van der Waals surface area contributed by atoms with E-state index >= 15 is 0 Å². The summed E-state index contributed by atoms with van der Waals surface area (Å²) in [5, 5.41) is 0.266. The standard InChI is InChI=1S/C11H17ClN2O3S.ClH/c1-8-6-10(17-2)9(12)7-11(8)18(15,16)14-5-3-4-13;/h6-7,14H,3-5,13H2,1-2H3;1H. The number of sulfonamides is 1. The monoisotopic (exact) mass is 328 g/mol. The van der Waals surface area contributed by atoms with Crippen LogP contribution >= 0.6 is 24.0 Å². The summed E-state index contributed by atoms with van der Waals surface area (Å²) >= 11 is 5.93. The van der Waals surface area contributed by atoms with Crippen LogP contribution in [0.5, 0.6) is 5.75 Å². The molecule has 0 saturated heterocycles. The van der Waals surface area contributed by atoms with Crippen LogP contribution in [0.2, 0.25) is 5.02 Å². The van der Waals surface area contributed by atoms with Crippen LogP contribution in [0.4, 0.5) is 0 Å². The Balaban J connectivity index is 0.00000324. The molecule has 1 rings (SSSR count). The first-order valence-electron chi connectivity index (χ1n) is 5.46. The van der Waals surface area contributed by atoms with E-state index < -0.39 is 10.0 Å². The second kappa shape index (κ2) is 7.91. The maximum Gasteiger partial charge on any atom is 0.240 e. The van der Waals surface area contributed by atoms with Crippen LogP contribution in [-0.2, 0) is 10.0 Å². The zero-order valence-electron chi connectivity index (χ0n) is 10.8. The Bertz CT molecular complexity index is 521. The molecule has 110 valence electrons. The molecule has 0 amide bonds. The van der Waals surface area contributed by atoms with Gasteiger partial charge in [0.05, 0.1) is 17.0 Å². The lowest BCUT2D eigenvalue weighted by molar-refractivity contribution is 0.414. The van der Waals surface area contributed by atoms with Gasteiger partial charge in [-0.2, -0.15) is 0 Å². The van der Waals surface area contributed by atoms with Crippen molar-refractivity contribution in [3.63, 3.8) is 0 Å². The van der Waals surface area contributed by atoms with Crippen LogP contribution in [0.25, 0.3) is 0 Å². The maximum atomic E-state index is 12.0. The molecule has 8 heteroatoms. The minimum atomic E-state index is -3.56. The van der Waals surface area contributed by atoms with Gasteiger partial charge in [0.2, 0.25) is 10.0 Å². The summed E-state index contributed by atoms with van der Waals surface area (Å²) in [7, 11) is -2.08. The van der Waals surface area contributed by atoms with E-state index in [1.54, 1.807) is 13.0 Å². The van der Waals surface area contributed by atoms with E-state index in [9.17, 15) is 8.42 Å². The first kappa shape index (κ1) is 18.5. The predicted molar refractivity (Wildman–Crippen MR) is 78.8 cm³/mol. The number of hydrogen-bond acceptors (Lipinski definition) is 4. The zero-order valence-corrected chi connectivity index (χ0v) is 13.2. The number of halogens is 2. The Morgan fingerprint density at radius 2 is 2.05 bits per heavy atom. The number of rotatable bonds is 6. The van der Waals surface area contributed by atoms with Gasteiger partial charge in [-0.05, 0) is 37.6 Å². The number of nitrogens with one attached hydrogen (secondary N) is 1. The lowest BCUT2D eigenvalue weighted by atomic mass is 10.2. The number of methoxy groups -OCH3 is 1. The molecular formula is C11H18Cl2N2O3S. The van der Waals surface area contributed by atoms with Crippen molar-refractivity contribution in [1.29, 1.82) is 0 Å². The van der Waals surface area contributed by atoms with Gasteiger partial charge in [0, 0.05) is 6.54 Å². The highest BCUT2D eigenvalue weighted by Crippen LogP contribution is 2.29. The van der Waals surface area contributed by atoms with Gasteiger partial charge in [-0.25, -0.2) is 13.1 Å². The second-order valence-electron chi connectivity index (χ2n) is 3.79. The molecular weight excluding hydrogens is 311 g/mol. The molecule has 19 heavy (non-hydrogen) atoms. The molecule has 5 nitrogen and oxygen atoms in total. The molecule has 0 heterocycles. The van der Waals surface area contributed by atoms with Crippen molar-refractivity contribution in [1.82, 2.24) is 4.72 Å². The molecule has 0 aliphatic heterocycles. The highest BCUT2D eigenvalue weighted by Gasteiger charge is 2.18. The summed E-state index contributed by atoms with van der Waals surface area (Å²) in [5.74, 6) is 0.454. The van der Waals surface area contributed by atoms with Crippen LogP contribution < -0.4 is 15.2 Å². The zero-order chi connectivity index (χ0) is 13.8. The average Bonchev–Trinajstić information content (AvgIpc) is 2.31. The van der Waals surface area contributed by atoms with E-state index in [2.05, 4.69) is 4.72 Å². The van der Waals surface area contributed by atoms with E-state index in [1.165, 1.54) is 13.2 Å². The Hall–Kier alpha value is -0.530. The molecule has 0 spiro atoms. The number of benzene rings is 1. The fourth-order valence-corrected chi connectivity index (χ4v) is 3.10. The molecule has 1 aromatic carbocycles. The van der Waals surface area contributed by atoms with Crippen molar-refractivity contribution in [2.75, 3.05) is 20.2 Å². The van der Waals surface area contributed by atoms with E-state index in [-0.39, 0.29) is 22.3 Å². The average molecular weight is 329 g/mol. The molecule has 0 bridgehead atoms. The minimum absolute atomic E-state index is 0. The summed E-state index contributed by atoms with van der Waals surface area (Å²) < 4.78 is 31.6. The normalized spacial score (nSPS) is 10.9. The highest BCUT2D eigenvalue weighted by atomic mass is 35.5. The van der Waals surface area contributed by atoms with E-state index in [0.717, 1.165) is 0 Å². The van der Waals surface area contributed by atoms with Gasteiger partial charge >= 0.3 is 0 Å². The Morgan fingerprint density at radius 1 is 1.42 bits per heavy atom. The molecule has 0 aliphatic carbocycles. The highest BCUT2D eigenvalue weighted by molar-refractivity contribution is 7.89. The van der Waals surface area contributed by atoms with Crippen LogP contribution in [0.1, 0.15) is 12.0 Å². The van der Waals surface area contributed by atoms with Gasteiger partial charge in [0.25, 0.3) is 0 Å². The summed E-state index contributed by atoms with van der Waals surface area (Å²) in [5.41, 5.74) is 5.90. The summed E-state index contributed by atoms with van der Waals surface area (Å²) in [6.07, 6.45) is 0.585. The largest absolute Gasteiger partial charge is 0.495 e. The molecule has 0 aromatic heterocycles. The summed E-state index contributed by atoms with van der Waals surface area (Å²) in [6, 6.07) is 2.99. The van der Waals surface area contributed by atoms with Gasteiger partial charge in [0.15, 0.2) is 0 Å². The van der Waals surface area contributed by atoms with Gasteiger partial charge < -0.3 is 10.5 Å². The first-order valence-corrected chi connectivity index (χ1v) is 7.32. The quantitative estimate of drug-likeness (QED) is 0.779. The van der Waals surface area contributed by atoms with E-state index in [0.29, 0.717) is 30.8 Å². The van der Waals surface area contributed by atoms with Gasteiger partial charge in [-0.3, -0.25) is 0 Å². The molecule has 0 unspecified atom stereocenters. The Kier molecular flexibility index (Phi) is 7.69. The predicted octanol–water partition coefficient (Wildman–Crippen LogP) is 1.71. The molecule has 0 atom stereocenters. The number of aryl methyl sites for hydroxylation is 1. The van der Waals surface area contributed by atoms with Crippen LogP contribution in [0, 0.1) is 6.92 Å². The molecule has 1 aromatic rings. The van der Waals surface area contributed by atoms with Crippen LogP contribution in [-0.4, -0.2) is 28.6 Å². The first-order chi connectivity index (χ1) is 8.42. The van der Waals surface area contributed by atoms with Crippen molar-refractivity contribution in [2.45, 2.75) is 18.2 Å². The maximum absolute atomic E-state index is 12.0. The van der Waals surface area contributed by atoms with Crippen molar-refractivity contribution in [2.24, 2.45) is 5.73 Å². The number of ether oxygens (including phenoxy) is 1. The van der Waals surface area contributed by atoms with Crippen LogP contribution in [0.15, 0.2) is 17.0 Å². The second-order valence-corrected chi connectivity index (χ2v) is 5.93. The fourth-order valence-electron chi connectivity index (χ4n) is 1.47. The lowest BCUT2D eigenvalue weighted by Gasteiger charge is -2.11. The third kappa shape index (κ3) is 4.81. The topological polar surface area (TPSA) is 81.4 Å². The summed E-state index contributed by atoms with van der Waals surface area (Å²) in [6.45, 7) is 2.43. The van der Waals surface area contributed by atoms with Gasteiger partial charge in [-0.15, -0.1) is 12.4 Å². The lowest BCUT2D eigenvalue weighted by Crippen LogP contribution is -2.26. The molecule has 0 radical (unpaired) electrons. The Morgan fingerprint density at radius 3 is 2.58 bits per heavy atom. The number of hydrogen-bond donors (Lipinski definition) is 2. The van der Waals surface area contributed by atoms with Gasteiger partial charge in [-0.1, -0.05) is 11.6 Å². The van der Waals surface area contributed by atoms with Crippen LogP contribution in [0.3, 0.4) is 0 Å². The summed E-state index contributed by atoms with van der Waals surface area (Å²) in [4.78, 5) is 0.158. The van der Waals surface area contributed by atoms with Gasteiger partial charge in [0.1, 0.15) is 5.75 Å². The van der Waals surface area contributed by atoms with Crippen molar-refractivity contribution in [3.05, 3.63) is 22.7 Å².